The van der Waals surface area contributed by atoms with Crippen molar-refractivity contribution in [1.29, 1.82) is 0 Å². The lowest BCUT2D eigenvalue weighted by Gasteiger charge is -2.26. The van der Waals surface area contributed by atoms with E-state index in [0.717, 1.165) is 4.90 Å². The minimum absolute atomic E-state index is 0.000613. The van der Waals surface area contributed by atoms with Crippen LogP contribution >= 0.6 is 0 Å². The molecule has 0 saturated carbocycles. The highest BCUT2D eigenvalue weighted by atomic mass is 16.6. The van der Waals surface area contributed by atoms with Gasteiger partial charge in [-0.25, -0.2) is 9.59 Å². The zero-order valence-electron chi connectivity index (χ0n) is 12.9. The van der Waals surface area contributed by atoms with Crippen molar-refractivity contribution in [1.82, 2.24) is 4.90 Å². The number of esters is 1. The van der Waals surface area contributed by atoms with Crippen LogP contribution < -0.4 is 0 Å². The molecule has 21 heavy (non-hydrogen) atoms. The van der Waals surface area contributed by atoms with Crippen LogP contribution in [-0.4, -0.2) is 66.5 Å². The number of aliphatic carboxylic acids is 1. The Morgan fingerprint density at radius 3 is 2.29 bits per heavy atom. The molecule has 0 spiro atoms. The Morgan fingerprint density at radius 2 is 1.81 bits per heavy atom. The minimum Gasteiger partial charge on any atom is -0.480 e. The van der Waals surface area contributed by atoms with Gasteiger partial charge in [-0.05, 0) is 27.7 Å². The maximum Gasteiger partial charge on any atom is 0.410 e. The Labute approximate surface area is 123 Å². The summed E-state index contributed by atoms with van der Waals surface area (Å²) in [5, 5.41) is 8.78. The van der Waals surface area contributed by atoms with E-state index in [1.54, 1.807) is 27.7 Å². The SMILES string of the molecule is CCOC(=O)COCCN(CC(=O)O)C(=O)OC(C)(C)C. The highest BCUT2D eigenvalue weighted by Crippen LogP contribution is 2.09. The lowest BCUT2D eigenvalue weighted by atomic mass is 10.2. The fraction of sp³-hybridized carbons (Fsp3) is 0.769. The van der Waals surface area contributed by atoms with Crippen molar-refractivity contribution in [2.45, 2.75) is 33.3 Å². The average molecular weight is 305 g/mol. The zero-order valence-corrected chi connectivity index (χ0v) is 12.9. The van der Waals surface area contributed by atoms with E-state index in [2.05, 4.69) is 4.74 Å². The van der Waals surface area contributed by atoms with Gasteiger partial charge in [-0.1, -0.05) is 0 Å². The van der Waals surface area contributed by atoms with Crippen LogP contribution in [-0.2, 0) is 23.8 Å². The summed E-state index contributed by atoms with van der Waals surface area (Å²) in [5.74, 6) is -1.68. The predicted molar refractivity (Wildman–Crippen MR) is 72.9 cm³/mol. The van der Waals surface area contributed by atoms with Gasteiger partial charge >= 0.3 is 18.0 Å². The molecule has 0 saturated heterocycles. The van der Waals surface area contributed by atoms with E-state index in [1.165, 1.54) is 0 Å². The summed E-state index contributed by atoms with van der Waals surface area (Å²) in [7, 11) is 0. The number of carboxylic acid groups (broad SMARTS) is 1. The summed E-state index contributed by atoms with van der Waals surface area (Å²) >= 11 is 0. The van der Waals surface area contributed by atoms with E-state index in [9.17, 15) is 14.4 Å². The van der Waals surface area contributed by atoms with Gasteiger partial charge in [0, 0.05) is 6.54 Å². The van der Waals surface area contributed by atoms with E-state index < -0.39 is 30.2 Å². The number of carboxylic acids is 1. The summed E-state index contributed by atoms with van der Waals surface area (Å²) in [5.41, 5.74) is -0.723. The smallest absolute Gasteiger partial charge is 0.410 e. The lowest BCUT2D eigenvalue weighted by Crippen LogP contribution is -2.41. The summed E-state index contributed by atoms with van der Waals surface area (Å²) in [6.45, 7) is 6.23. The largest absolute Gasteiger partial charge is 0.480 e. The molecule has 0 bridgehead atoms. The van der Waals surface area contributed by atoms with Gasteiger partial charge in [0.1, 0.15) is 18.8 Å². The number of rotatable bonds is 8. The Kier molecular flexibility index (Phi) is 8.37. The van der Waals surface area contributed by atoms with Crippen molar-refractivity contribution in [3.8, 4) is 0 Å². The standard InChI is InChI=1S/C13H23NO7/c1-5-20-11(17)9-19-7-6-14(8-10(15)16)12(18)21-13(2,3)4/h5-9H2,1-4H3,(H,15,16). The van der Waals surface area contributed by atoms with Gasteiger partial charge in [-0.3, -0.25) is 9.69 Å². The molecule has 0 aliphatic carbocycles. The van der Waals surface area contributed by atoms with Crippen molar-refractivity contribution in [3.63, 3.8) is 0 Å². The highest BCUT2D eigenvalue weighted by molar-refractivity contribution is 5.76. The fourth-order valence-electron chi connectivity index (χ4n) is 1.26. The van der Waals surface area contributed by atoms with E-state index >= 15 is 0 Å². The first-order chi connectivity index (χ1) is 9.65. The van der Waals surface area contributed by atoms with Crippen molar-refractivity contribution < 1.29 is 33.7 Å². The second kappa shape index (κ2) is 9.17. The number of carbonyl (C=O) groups excluding carboxylic acids is 2. The molecule has 0 rings (SSSR count). The van der Waals surface area contributed by atoms with Gasteiger partial charge in [0.15, 0.2) is 0 Å². The Balaban J connectivity index is 4.28. The summed E-state index contributed by atoms with van der Waals surface area (Å²) in [6, 6.07) is 0. The maximum absolute atomic E-state index is 11.8. The molecule has 1 amide bonds. The van der Waals surface area contributed by atoms with Gasteiger partial charge in [0.25, 0.3) is 0 Å². The van der Waals surface area contributed by atoms with E-state index in [-0.39, 0.29) is 26.4 Å². The molecule has 1 N–H and O–H groups in total. The first-order valence-electron chi connectivity index (χ1n) is 6.58. The number of ether oxygens (including phenoxy) is 3. The number of hydrogen-bond acceptors (Lipinski definition) is 6. The monoisotopic (exact) mass is 305 g/mol. The summed E-state index contributed by atoms with van der Waals surface area (Å²) in [4.78, 5) is 34.6. The van der Waals surface area contributed by atoms with E-state index in [4.69, 9.17) is 14.6 Å². The average Bonchev–Trinajstić information content (AvgIpc) is 2.30. The Hall–Kier alpha value is -1.83. The van der Waals surface area contributed by atoms with Crippen LogP contribution in [0, 0.1) is 0 Å². The molecule has 0 aromatic carbocycles. The van der Waals surface area contributed by atoms with Crippen LogP contribution in [0.2, 0.25) is 0 Å². The van der Waals surface area contributed by atoms with Gasteiger partial charge < -0.3 is 19.3 Å². The molecule has 0 aliphatic heterocycles. The Bertz CT molecular complexity index is 362. The molecule has 0 atom stereocenters. The summed E-state index contributed by atoms with van der Waals surface area (Å²) < 4.78 is 14.8. The number of amides is 1. The third-order valence-corrected chi connectivity index (χ3v) is 2.01. The minimum atomic E-state index is -1.16. The first-order valence-corrected chi connectivity index (χ1v) is 6.58. The molecule has 0 aliphatic rings. The lowest BCUT2D eigenvalue weighted by molar-refractivity contribution is -0.148. The van der Waals surface area contributed by atoms with Crippen LogP contribution in [0.25, 0.3) is 0 Å². The number of carbonyl (C=O) groups is 3. The molecule has 0 fully saturated rings. The number of hydrogen-bond donors (Lipinski definition) is 1. The van der Waals surface area contributed by atoms with Crippen molar-refractivity contribution >= 4 is 18.0 Å². The number of nitrogens with zero attached hydrogens (tertiary/aromatic N) is 1. The predicted octanol–water partition coefficient (Wildman–Crippen LogP) is 0.888. The normalized spacial score (nSPS) is 10.9. The van der Waals surface area contributed by atoms with Crippen molar-refractivity contribution in [3.05, 3.63) is 0 Å². The first kappa shape index (κ1) is 19.2. The zero-order chi connectivity index (χ0) is 16.5. The molecular weight excluding hydrogens is 282 g/mol. The molecule has 0 aromatic heterocycles. The van der Waals surface area contributed by atoms with Gasteiger partial charge in [0.05, 0.1) is 13.2 Å². The van der Waals surface area contributed by atoms with Gasteiger partial charge in [-0.2, -0.15) is 0 Å². The Morgan fingerprint density at radius 1 is 1.19 bits per heavy atom. The third-order valence-electron chi connectivity index (χ3n) is 2.01. The molecule has 8 heteroatoms. The second-order valence-corrected chi connectivity index (χ2v) is 5.15. The van der Waals surface area contributed by atoms with Crippen LogP contribution in [0.1, 0.15) is 27.7 Å². The third kappa shape index (κ3) is 10.6. The molecule has 0 radical (unpaired) electrons. The van der Waals surface area contributed by atoms with Crippen molar-refractivity contribution in [2.75, 3.05) is 32.9 Å². The van der Waals surface area contributed by atoms with Crippen molar-refractivity contribution in [2.24, 2.45) is 0 Å². The van der Waals surface area contributed by atoms with E-state index in [1.807, 2.05) is 0 Å². The van der Waals surface area contributed by atoms with Gasteiger partial charge in [0.2, 0.25) is 0 Å². The molecule has 122 valence electrons. The van der Waals surface area contributed by atoms with Crippen LogP contribution in [0.15, 0.2) is 0 Å². The quantitative estimate of drug-likeness (QED) is 0.524. The topological polar surface area (TPSA) is 102 Å². The summed E-state index contributed by atoms with van der Waals surface area (Å²) in [6.07, 6.45) is -0.746. The fourth-order valence-corrected chi connectivity index (χ4v) is 1.26. The molecular formula is C13H23NO7. The van der Waals surface area contributed by atoms with Crippen LogP contribution in [0.4, 0.5) is 4.79 Å². The van der Waals surface area contributed by atoms with Gasteiger partial charge in [-0.15, -0.1) is 0 Å². The van der Waals surface area contributed by atoms with Crippen LogP contribution in [0.5, 0.6) is 0 Å². The molecule has 8 nitrogen and oxygen atoms in total. The highest BCUT2D eigenvalue weighted by Gasteiger charge is 2.23. The molecule has 0 heterocycles. The second-order valence-electron chi connectivity index (χ2n) is 5.15. The van der Waals surface area contributed by atoms with Crippen LogP contribution in [0.3, 0.4) is 0 Å². The van der Waals surface area contributed by atoms with E-state index in [0.29, 0.717) is 0 Å². The maximum atomic E-state index is 11.8. The molecule has 0 aromatic rings. The molecule has 0 unspecified atom stereocenters.